The second-order valence-corrected chi connectivity index (χ2v) is 6.59. The SMILES string of the molecule is NCC(c1ccc2c(-c3ccncc3)c(-c3ccc(F)cc3)nn2c1)C(F)(F)F. The molecule has 0 saturated heterocycles. The number of hydrogen-bond acceptors (Lipinski definition) is 3. The van der Waals surface area contributed by atoms with Crippen molar-refractivity contribution in [1.29, 1.82) is 0 Å². The van der Waals surface area contributed by atoms with E-state index in [0.29, 0.717) is 16.8 Å². The first-order valence-corrected chi connectivity index (χ1v) is 8.84. The van der Waals surface area contributed by atoms with Gasteiger partial charge >= 0.3 is 6.18 Å². The second kappa shape index (κ2) is 7.29. The van der Waals surface area contributed by atoms with Gasteiger partial charge in [-0.2, -0.15) is 18.3 Å². The fourth-order valence-corrected chi connectivity index (χ4v) is 3.34. The minimum Gasteiger partial charge on any atom is -0.330 e. The Hall–Kier alpha value is -3.26. The van der Waals surface area contributed by atoms with Crippen LogP contribution in [0.25, 0.3) is 27.9 Å². The average Bonchev–Trinajstić information content (AvgIpc) is 3.07. The molecule has 0 aliphatic heterocycles. The van der Waals surface area contributed by atoms with Crippen molar-refractivity contribution < 1.29 is 17.6 Å². The zero-order valence-corrected chi connectivity index (χ0v) is 15.1. The maximum absolute atomic E-state index is 13.4. The van der Waals surface area contributed by atoms with E-state index in [-0.39, 0.29) is 11.4 Å². The molecular weight excluding hydrogens is 384 g/mol. The van der Waals surface area contributed by atoms with E-state index in [0.717, 1.165) is 11.1 Å². The molecular formula is C21H16F4N4. The highest BCUT2D eigenvalue weighted by molar-refractivity contribution is 5.92. The third-order valence-electron chi connectivity index (χ3n) is 4.77. The van der Waals surface area contributed by atoms with Gasteiger partial charge in [0.1, 0.15) is 11.5 Å². The molecule has 1 aromatic carbocycles. The lowest BCUT2D eigenvalue weighted by molar-refractivity contribution is -0.148. The van der Waals surface area contributed by atoms with Gasteiger partial charge in [0.25, 0.3) is 0 Å². The Balaban J connectivity index is 1.95. The summed E-state index contributed by atoms with van der Waals surface area (Å²) in [6, 6.07) is 12.4. The van der Waals surface area contributed by atoms with Gasteiger partial charge in [-0.05, 0) is 53.6 Å². The van der Waals surface area contributed by atoms with E-state index in [2.05, 4.69) is 10.1 Å². The van der Waals surface area contributed by atoms with Crippen LogP contribution in [0, 0.1) is 5.82 Å². The van der Waals surface area contributed by atoms with Crippen LogP contribution in [0.3, 0.4) is 0 Å². The van der Waals surface area contributed by atoms with Gasteiger partial charge < -0.3 is 5.73 Å². The molecule has 0 saturated carbocycles. The van der Waals surface area contributed by atoms with E-state index >= 15 is 0 Å². The number of nitrogens with zero attached hydrogens (tertiary/aromatic N) is 3. The Morgan fingerprint density at radius 1 is 0.931 bits per heavy atom. The number of nitrogens with two attached hydrogens (primary N) is 1. The molecule has 0 aliphatic carbocycles. The lowest BCUT2D eigenvalue weighted by Crippen LogP contribution is -2.28. The van der Waals surface area contributed by atoms with Gasteiger partial charge in [-0.25, -0.2) is 8.91 Å². The highest BCUT2D eigenvalue weighted by atomic mass is 19.4. The maximum atomic E-state index is 13.4. The van der Waals surface area contributed by atoms with Crippen molar-refractivity contribution in [3.63, 3.8) is 0 Å². The van der Waals surface area contributed by atoms with Crippen LogP contribution in [0.5, 0.6) is 0 Å². The number of alkyl halides is 3. The van der Waals surface area contributed by atoms with E-state index in [9.17, 15) is 17.6 Å². The number of fused-ring (bicyclic) bond motifs is 1. The molecule has 0 bridgehead atoms. The molecule has 0 spiro atoms. The first kappa shape index (κ1) is 19.1. The molecule has 148 valence electrons. The maximum Gasteiger partial charge on any atom is 0.397 e. The fraction of sp³-hybridized carbons (Fsp3) is 0.143. The normalized spacial score (nSPS) is 13.0. The molecule has 0 amide bonds. The standard InChI is InChI=1S/C21H16F4N4/c22-16-4-1-14(2-5-16)20-19(13-7-9-27-10-8-13)18-6-3-15(12-29(18)28-20)17(11-26)21(23,24)25/h1-10,12,17H,11,26H2. The summed E-state index contributed by atoms with van der Waals surface area (Å²) in [5.74, 6) is -2.17. The van der Waals surface area contributed by atoms with Gasteiger partial charge in [0.05, 0.1) is 11.4 Å². The number of halogens is 4. The van der Waals surface area contributed by atoms with Crippen molar-refractivity contribution in [3.05, 3.63) is 78.5 Å². The number of benzene rings is 1. The largest absolute Gasteiger partial charge is 0.397 e. The molecule has 3 aromatic heterocycles. The van der Waals surface area contributed by atoms with E-state index in [1.54, 1.807) is 42.7 Å². The van der Waals surface area contributed by atoms with Gasteiger partial charge in [-0.15, -0.1) is 0 Å². The third kappa shape index (κ3) is 3.58. The Bertz CT molecular complexity index is 1140. The second-order valence-electron chi connectivity index (χ2n) is 6.59. The Morgan fingerprint density at radius 3 is 2.24 bits per heavy atom. The van der Waals surface area contributed by atoms with Crippen LogP contribution in [0.2, 0.25) is 0 Å². The summed E-state index contributed by atoms with van der Waals surface area (Å²) >= 11 is 0. The molecule has 0 fully saturated rings. The minimum absolute atomic E-state index is 0.0296. The van der Waals surface area contributed by atoms with Crippen molar-refractivity contribution in [2.45, 2.75) is 12.1 Å². The quantitative estimate of drug-likeness (QED) is 0.501. The Morgan fingerprint density at radius 2 is 1.62 bits per heavy atom. The van der Waals surface area contributed by atoms with Crippen LogP contribution in [-0.4, -0.2) is 27.3 Å². The highest BCUT2D eigenvalue weighted by Gasteiger charge is 2.40. The molecule has 3 heterocycles. The van der Waals surface area contributed by atoms with E-state index in [1.807, 2.05) is 0 Å². The van der Waals surface area contributed by atoms with E-state index in [1.165, 1.54) is 28.9 Å². The van der Waals surface area contributed by atoms with Gasteiger partial charge in [-0.1, -0.05) is 6.07 Å². The summed E-state index contributed by atoms with van der Waals surface area (Å²) in [7, 11) is 0. The van der Waals surface area contributed by atoms with Crippen LogP contribution < -0.4 is 5.73 Å². The molecule has 2 N–H and O–H groups in total. The van der Waals surface area contributed by atoms with Gasteiger partial charge in [0.15, 0.2) is 0 Å². The summed E-state index contributed by atoms with van der Waals surface area (Å²) in [6.45, 7) is -0.557. The number of aromatic nitrogens is 3. The predicted octanol–water partition coefficient (Wildman–Crippen LogP) is 4.81. The van der Waals surface area contributed by atoms with Gasteiger partial charge in [0, 0.05) is 36.3 Å². The van der Waals surface area contributed by atoms with Crippen molar-refractivity contribution in [1.82, 2.24) is 14.6 Å². The van der Waals surface area contributed by atoms with Crippen molar-refractivity contribution in [2.75, 3.05) is 6.54 Å². The molecule has 1 atom stereocenters. The summed E-state index contributed by atoms with van der Waals surface area (Å²) in [5.41, 5.74) is 8.73. The smallest absolute Gasteiger partial charge is 0.330 e. The molecule has 4 rings (SSSR count). The van der Waals surface area contributed by atoms with E-state index in [4.69, 9.17) is 5.73 Å². The molecule has 4 aromatic rings. The zero-order valence-electron chi connectivity index (χ0n) is 15.1. The summed E-state index contributed by atoms with van der Waals surface area (Å²) in [4.78, 5) is 4.01. The topological polar surface area (TPSA) is 56.2 Å². The number of rotatable bonds is 4. The lowest BCUT2D eigenvalue weighted by Gasteiger charge is -2.18. The van der Waals surface area contributed by atoms with Crippen molar-refractivity contribution in [2.24, 2.45) is 5.73 Å². The summed E-state index contributed by atoms with van der Waals surface area (Å²) < 4.78 is 54.7. The van der Waals surface area contributed by atoms with Crippen molar-refractivity contribution in [3.8, 4) is 22.4 Å². The predicted molar refractivity (Wildman–Crippen MR) is 102 cm³/mol. The Kier molecular flexibility index (Phi) is 4.79. The fourth-order valence-electron chi connectivity index (χ4n) is 3.34. The number of hydrogen-bond donors (Lipinski definition) is 1. The number of pyridine rings is 2. The summed E-state index contributed by atoms with van der Waals surface area (Å²) in [5, 5.41) is 4.51. The zero-order chi connectivity index (χ0) is 20.6. The van der Waals surface area contributed by atoms with Crippen LogP contribution in [-0.2, 0) is 0 Å². The third-order valence-corrected chi connectivity index (χ3v) is 4.77. The Labute approximate surface area is 163 Å². The molecule has 4 nitrogen and oxygen atoms in total. The molecule has 0 radical (unpaired) electrons. The van der Waals surface area contributed by atoms with E-state index < -0.39 is 18.6 Å². The molecule has 1 unspecified atom stereocenters. The van der Waals surface area contributed by atoms with Gasteiger partial charge in [-0.3, -0.25) is 4.98 Å². The molecule has 0 aliphatic rings. The van der Waals surface area contributed by atoms with Crippen LogP contribution >= 0.6 is 0 Å². The van der Waals surface area contributed by atoms with Crippen molar-refractivity contribution >= 4 is 5.52 Å². The van der Waals surface area contributed by atoms with Gasteiger partial charge in [0.2, 0.25) is 0 Å². The lowest BCUT2D eigenvalue weighted by atomic mass is 9.98. The monoisotopic (exact) mass is 400 g/mol. The minimum atomic E-state index is -4.46. The molecule has 29 heavy (non-hydrogen) atoms. The highest BCUT2D eigenvalue weighted by Crippen LogP contribution is 2.38. The van der Waals surface area contributed by atoms with Crippen LogP contribution in [0.1, 0.15) is 11.5 Å². The first-order valence-electron chi connectivity index (χ1n) is 8.84. The molecule has 8 heteroatoms. The average molecular weight is 400 g/mol. The van der Waals surface area contributed by atoms with Crippen LogP contribution in [0.15, 0.2) is 67.1 Å². The first-order chi connectivity index (χ1) is 13.9. The van der Waals surface area contributed by atoms with Crippen LogP contribution in [0.4, 0.5) is 17.6 Å². The summed E-state index contributed by atoms with van der Waals surface area (Å²) in [6.07, 6.45) is 0.132.